The van der Waals surface area contributed by atoms with E-state index in [4.69, 9.17) is 0 Å². The van der Waals surface area contributed by atoms with Crippen LogP contribution in [0.5, 0.6) is 5.75 Å². The summed E-state index contributed by atoms with van der Waals surface area (Å²) < 4.78 is 0. The number of hydrogen-bond donors (Lipinski definition) is 3. The number of para-hydroxylation sites is 1. The molecule has 2 aromatic rings. The van der Waals surface area contributed by atoms with Crippen molar-refractivity contribution >= 4 is 17.6 Å². The Morgan fingerprint density at radius 2 is 1.96 bits per heavy atom. The van der Waals surface area contributed by atoms with E-state index in [1.165, 1.54) is 0 Å². The number of phenols is 1. The van der Waals surface area contributed by atoms with Crippen LogP contribution in [0.2, 0.25) is 0 Å². The Hall–Kier alpha value is -3.02. The van der Waals surface area contributed by atoms with Crippen LogP contribution in [0.25, 0.3) is 0 Å². The highest BCUT2D eigenvalue weighted by Crippen LogP contribution is 2.20. The maximum atomic E-state index is 12.4. The number of aromatic hydroxyl groups is 1. The smallest absolute Gasteiger partial charge is 0.315 e. The SMILES string of the molecule is O=C(NCCc1cccc(O)c1)N[C@H]1CCN(c2ccccc2)C1=O. The summed E-state index contributed by atoms with van der Waals surface area (Å²) in [5.74, 6) is 0.119. The molecule has 0 radical (unpaired) electrons. The van der Waals surface area contributed by atoms with Gasteiger partial charge in [0.2, 0.25) is 5.91 Å². The van der Waals surface area contributed by atoms with Crippen molar-refractivity contribution in [2.45, 2.75) is 18.9 Å². The predicted octanol–water partition coefficient (Wildman–Crippen LogP) is 2.04. The van der Waals surface area contributed by atoms with Gasteiger partial charge in [-0.05, 0) is 42.7 Å². The molecular formula is C19H21N3O3. The highest BCUT2D eigenvalue weighted by atomic mass is 16.3. The van der Waals surface area contributed by atoms with Crippen LogP contribution in [-0.2, 0) is 11.2 Å². The summed E-state index contributed by atoms with van der Waals surface area (Å²) in [6, 6.07) is 15.5. The van der Waals surface area contributed by atoms with Gasteiger partial charge in [0.1, 0.15) is 11.8 Å². The van der Waals surface area contributed by atoms with E-state index in [1.807, 2.05) is 36.4 Å². The highest BCUT2D eigenvalue weighted by Gasteiger charge is 2.33. The molecular weight excluding hydrogens is 318 g/mol. The fourth-order valence-electron chi connectivity index (χ4n) is 2.92. The first-order valence-electron chi connectivity index (χ1n) is 8.32. The Morgan fingerprint density at radius 1 is 1.16 bits per heavy atom. The molecule has 25 heavy (non-hydrogen) atoms. The third kappa shape index (κ3) is 4.29. The first kappa shape index (κ1) is 16.8. The maximum Gasteiger partial charge on any atom is 0.315 e. The van der Waals surface area contributed by atoms with Crippen LogP contribution in [0, 0.1) is 0 Å². The molecule has 1 atom stereocenters. The third-order valence-electron chi connectivity index (χ3n) is 4.19. The molecule has 2 aromatic carbocycles. The van der Waals surface area contributed by atoms with E-state index in [9.17, 15) is 14.7 Å². The van der Waals surface area contributed by atoms with Crippen molar-refractivity contribution in [3.05, 3.63) is 60.2 Å². The minimum absolute atomic E-state index is 0.0886. The Morgan fingerprint density at radius 3 is 2.72 bits per heavy atom. The summed E-state index contributed by atoms with van der Waals surface area (Å²) in [6.45, 7) is 1.02. The van der Waals surface area contributed by atoms with Crippen LogP contribution in [-0.4, -0.2) is 36.2 Å². The van der Waals surface area contributed by atoms with Crippen LogP contribution in [0.1, 0.15) is 12.0 Å². The summed E-state index contributed by atoms with van der Waals surface area (Å²) in [5.41, 5.74) is 1.79. The molecule has 6 heteroatoms. The van der Waals surface area contributed by atoms with E-state index in [2.05, 4.69) is 10.6 Å². The van der Waals surface area contributed by atoms with Crippen molar-refractivity contribution in [3.8, 4) is 5.75 Å². The van der Waals surface area contributed by atoms with Crippen LogP contribution in [0.3, 0.4) is 0 Å². The molecule has 1 fully saturated rings. The van der Waals surface area contributed by atoms with Crippen molar-refractivity contribution in [2.75, 3.05) is 18.0 Å². The molecule has 3 N–H and O–H groups in total. The van der Waals surface area contributed by atoms with E-state index >= 15 is 0 Å². The zero-order valence-electron chi connectivity index (χ0n) is 13.8. The monoisotopic (exact) mass is 339 g/mol. The number of benzene rings is 2. The quantitative estimate of drug-likeness (QED) is 0.780. The van der Waals surface area contributed by atoms with Gasteiger partial charge in [-0.1, -0.05) is 30.3 Å². The minimum Gasteiger partial charge on any atom is -0.508 e. The van der Waals surface area contributed by atoms with Crippen LogP contribution in [0.15, 0.2) is 54.6 Å². The Labute approximate surface area is 146 Å². The molecule has 0 spiro atoms. The average Bonchev–Trinajstić information content (AvgIpc) is 2.96. The van der Waals surface area contributed by atoms with Gasteiger partial charge in [0.25, 0.3) is 0 Å². The fraction of sp³-hybridized carbons (Fsp3) is 0.263. The lowest BCUT2D eigenvalue weighted by Crippen LogP contribution is -2.46. The number of rotatable bonds is 5. The number of urea groups is 1. The molecule has 1 aliphatic heterocycles. The number of hydrogen-bond acceptors (Lipinski definition) is 3. The second-order valence-corrected chi connectivity index (χ2v) is 5.99. The number of carbonyl (C=O) groups excluding carboxylic acids is 2. The number of nitrogens with zero attached hydrogens (tertiary/aromatic N) is 1. The van der Waals surface area contributed by atoms with E-state index in [0.29, 0.717) is 25.9 Å². The zero-order chi connectivity index (χ0) is 17.6. The zero-order valence-corrected chi connectivity index (χ0v) is 13.8. The van der Waals surface area contributed by atoms with E-state index in [0.717, 1.165) is 11.3 Å². The van der Waals surface area contributed by atoms with Crippen molar-refractivity contribution in [1.29, 1.82) is 0 Å². The molecule has 0 aromatic heterocycles. The van der Waals surface area contributed by atoms with Gasteiger partial charge in [0.15, 0.2) is 0 Å². The van der Waals surface area contributed by atoms with Gasteiger partial charge in [-0.2, -0.15) is 0 Å². The van der Waals surface area contributed by atoms with Crippen LogP contribution < -0.4 is 15.5 Å². The Balaban J connectivity index is 1.46. The fourth-order valence-corrected chi connectivity index (χ4v) is 2.92. The minimum atomic E-state index is -0.499. The predicted molar refractivity (Wildman–Crippen MR) is 95.5 cm³/mol. The lowest BCUT2D eigenvalue weighted by molar-refractivity contribution is -0.118. The molecule has 3 rings (SSSR count). The summed E-state index contributed by atoms with van der Waals surface area (Å²) in [7, 11) is 0. The molecule has 1 saturated heterocycles. The second kappa shape index (κ2) is 7.70. The van der Waals surface area contributed by atoms with Gasteiger partial charge in [0, 0.05) is 18.8 Å². The Bertz CT molecular complexity index is 749. The molecule has 6 nitrogen and oxygen atoms in total. The molecule has 130 valence electrons. The molecule has 0 unspecified atom stereocenters. The van der Waals surface area contributed by atoms with E-state index in [1.54, 1.807) is 23.1 Å². The summed E-state index contributed by atoms with van der Waals surface area (Å²) in [6.07, 6.45) is 1.20. The van der Waals surface area contributed by atoms with E-state index < -0.39 is 6.04 Å². The molecule has 0 bridgehead atoms. The van der Waals surface area contributed by atoms with Crippen LogP contribution in [0.4, 0.5) is 10.5 Å². The molecule has 1 heterocycles. The molecule has 0 aliphatic carbocycles. The van der Waals surface area contributed by atoms with Crippen molar-refractivity contribution in [2.24, 2.45) is 0 Å². The van der Waals surface area contributed by atoms with Crippen LogP contribution >= 0.6 is 0 Å². The van der Waals surface area contributed by atoms with Crippen molar-refractivity contribution in [1.82, 2.24) is 10.6 Å². The van der Waals surface area contributed by atoms with Gasteiger partial charge >= 0.3 is 6.03 Å². The van der Waals surface area contributed by atoms with Crippen molar-refractivity contribution < 1.29 is 14.7 Å². The van der Waals surface area contributed by atoms with E-state index in [-0.39, 0.29) is 17.7 Å². The summed E-state index contributed by atoms with van der Waals surface area (Å²) in [5, 5.41) is 14.9. The standard InChI is InChI=1S/C19H21N3O3/c23-16-8-4-5-14(13-16)9-11-20-19(25)21-17-10-12-22(18(17)24)15-6-2-1-3-7-15/h1-8,13,17,23H,9-12H2,(H2,20,21,25)/t17-/m0/s1. The van der Waals surface area contributed by atoms with Gasteiger partial charge < -0.3 is 20.6 Å². The maximum absolute atomic E-state index is 12.4. The van der Waals surface area contributed by atoms with Gasteiger partial charge in [-0.3, -0.25) is 4.79 Å². The Kier molecular flexibility index (Phi) is 5.18. The molecule has 1 aliphatic rings. The summed E-state index contributed by atoms with van der Waals surface area (Å²) >= 11 is 0. The number of anilines is 1. The largest absolute Gasteiger partial charge is 0.508 e. The number of amides is 3. The molecule has 3 amide bonds. The average molecular weight is 339 g/mol. The number of nitrogens with one attached hydrogen (secondary N) is 2. The van der Waals surface area contributed by atoms with Gasteiger partial charge in [-0.25, -0.2) is 4.79 Å². The lowest BCUT2D eigenvalue weighted by Gasteiger charge is -2.17. The first-order chi connectivity index (χ1) is 12.1. The number of carbonyl (C=O) groups is 2. The van der Waals surface area contributed by atoms with Gasteiger partial charge in [-0.15, -0.1) is 0 Å². The number of phenolic OH excluding ortho intramolecular Hbond substituents is 1. The van der Waals surface area contributed by atoms with Gasteiger partial charge in [0.05, 0.1) is 0 Å². The van der Waals surface area contributed by atoms with Crippen molar-refractivity contribution in [3.63, 3.8) is 0 Å². The third-order valence-corrected chi connectivity index (χ3v) is 4.19. The summed E-state index contributed by atoms with van der Waals surface area (Å²) in [4.78, 5) is 26.1. The first-order valence-corrected chi connectivity index (χ1v) is 8.32. The second-order valence-electron chi connectivity index (χ2n) is 5.99. The topological polar surface area (TPSA) is 81.7 Å². The lowest BCUT2D eigenvalue weighted by atomic mass is 10.1. The highest BCUT2D eigenvalue weighted by molar-refractivity contribution is 6.01. The molecule has 0 saturated carbocycles. The normalized spacial score (nSPS) is 16.7.